The minimum absolute atomic E-state index is 0.432. The number of rotatable bonds is 4. The number of sulfonamides is 1. The number of hydrogen-bond acceptors (Lipinski definition) is 3. The number of halogens is 1. The summed E-state index contributed by atoms with van der Waals surface area (Å²) in [6.45, 7) is 3.55. The van der Waals surface area contributed by atoms with Gasteiger partial charge < -0.3 is 4.90 Å². The molecular formula is C15H18ClN2O2S2+. The average molecular weight is 358 g/mol. The zero-order valence-electron chi connectivity index (χ0n) is 12.0. The van der Waals surface area contributed by atoms with Gasteiger partial charge in [0.1, 0.15) is 10.8 Å². The van der Waals surface area contributed by atoms with Crippen LogP contribution >= 0.6 is 22.9 Å². The van der Waals surface area contributed by atoms with Crippen molar-refractivity contribution in [3.05, 3.63) is 52.4 Å². The average Bonchev–Trinajstić information content (AvgIpc) is 3.05. The van der Waals surface area contributed by atoms with Crippen molar-refractivity contribution in [2.24, 2.45) is 0 Å². The van der Waals surface area contributed by atoms with E-state index in [2.05, 4.69) is 0 Å². The van der Waals surface area contributed by atoms with Crippen LogP contribution < -0.4 is 4.90 Å². The van der Waals surface area contributed by atoms with Crippen LogP contribution in [0.1, 0.15) is 5.56 Å². The summed E-state index contributed by atoms with van der Waals surface area (Å²) < 4.78 is 27.0. The van der Waals surface area contributed by atoms with E-state index in [4.69, 9.17) is 11.6 Å². The first-order valence-electron chi connectivity index (χ1n) is 7.18. The molecule has 0 aliphatic carbocycles. The number of piperazine rings is 1. The number of nitrogens with one attached hydrogen (secondary N) is 1. The largest absolute Gasteiger partial charge is 0.329 e. The maximum absolute atomic E-state index is 12.5. The van der Waals surface area contributed by atoms with Crippen LogP contribution in [0.5, 0.6) is 0 Å². The topological polar surface area (TPSA) is 41.8 Å². The molecule has 0 unspecified atom stereocenters. The van der Waals surface area contributed by atoms with Gasteiger partial charge in [0.25, 0.3) is 10.0 Å². The van der Waals surface area contributed by atoms with Crippen LogP contribution in [0, 0.1) is 0 Å². The predicted octanol–water partition coefficient (Wildman–Crippen LogP) is 1.49. The molecule has 3 rings (SSSR count). The van der Waals surface area contributed by atoms with E-state index in [1.165, 1.54) is 16.2 Å². The van der Waals surface area contributed by atoms with Crippen LogP contribution in [0.4, 0.5) is 0 Å². The Bertz CT molecular complexity index is 724. The summed E-state index contributed by atoms with van der Waals surface area (Å²) in [5.41, 5.74) is 1.12. The molecule has 7 heteroatoms. The molecule has 1 aromatic heterocycles. The third-order valence-electron chi connectivity index (χ3n) is 3.92. The Morgan fingerprint density at radius 3 is 2.50 bits per heavy atom. The van der Waals surface area contributed by atoms with E-state index in [0.717, 1.165) is 30.2 Å². The normalized spacial score (nSPS) is 17.7. The lowest BCUT2D eigenvalue weighted by Crippen LogP contribution is -3.13. The quantitative estimate of drug-likeness (QED) is 0.900. The molecule has 4 nitrogen and oxygen atoms in total. The van der Waals surface area contributed by atoms with Gasteiger partial charge in [-0.3, -0.25) is 0 Å². The van der Waals surface area contributed by atoms with E-state index < -0.39 is 10.0 Å². The van der Waals surface area contributed by atoms with Gasteiger partial charge in [-0.15, -0.1) is 11.3 Å². The fourth-order valence-corrected chi connectivity index (χ4v) is 5.46. The number of thiophene rings is 1. The third kappa shape index (κ3) is 3.36. The Morgan fingerprint density at radius 1 is 1.14 bits per heavy atom. The lowest BCUT2D eigenvalue weighted by molar-refractivity contribution is -0.917. The molecule has 0 bridgehead atoms. The number of benzene rings is 1. The molecule has 0 amide bonds. The summed E-state index contributed by atoms with van der Waals surface area (Å²) in [7, 11) is -3.31. The van der Waals surface area contributed by atoms with Gasteiger partial charge in [0.05, 0.1) is 26.2 Å². The van der Waals surface area contributed by atoms with Crippen LogP contribution in [0.15, 0.2) is 46.0 Å². The summed E-state index contributed by atoms with van der Waals surface area (Å²) in [5.74, 6) is 0. The van der Waals surface area contributed by atoms with Crippen LogP contribution in [-0.2, 0) is 16.6 Å². The first kappa shape index (κ1) is 16.0. The molecule has 1 aliphatic heterocycles. The monoisotopic (exact) mass is 357 g/mol. The lowest BCUT2D eigenvalue weighted by atomic mass is 10.2. The van der Waals surface area contributed by atoms with Crippen LogP contribution in [0.2, 0.25) is 5.02 Å². The number of quaternary nitrogens is 1. The van der Waals surface area contributed by atoms with Crippen molar-refractivity contribution in [3.63, 3.8) is 0 Å². The van der Waals surface area contributed by atoms with Gasteiger partial charge in [-0.1, -0.05) is 35.9 Å². The molecule has 1 aromatic carbocycles. The standard InChI is InChI=1S/C15H17ClN2O2S2/c16-14-5-2-1-4-13(14)12-17-7-9-18(10-8-17)22(19,20)15-6-3-11-21-15/h1-6,11H,7-10,12H2/p+1. The smallest absolute Gasteiger partial charge is 0.252 e. The molecule has 1 N–H and O–H groups in total. The van der Waals surface area contributed by atoms with Gasteiger partial charge in [0.2, 0.25) is 0 Å². The summed E-state index contributed by atoms with van der Waals surface area (Å²) >= 11 is 7.47. The van der Waals surface area contributed by atoms with Crippen molar-refractivity contribution in [2.45, 2.75) is 10.8 Å². The van der Waals surface area contributed by atoms with Crippen molar-refractivity contribution < 1.29 is 13.3 Å². The zero-order chi connectivity index (χ0) is 15.6. The van der Waals surface area contributed by atoms with E-state index in [1.54, 1.807) is 21.8 Å². The van der Waals surface area contributed by atoms with Gasteiger partial charge in [0, 0.05) is 10.6 Å². The van der Waals surface area contributed by atoms with Crippen LogP contribution in [-0.4, -0.2) is 38.9 Å². The highest BCUT2D eigenvalue weighted by molar-refractivity contribution is 7.91. The van der Waals surface area contributed by atoms with E-state index in [0.29, 0.717) is 17.3 Å². The van der Waals surface area contributed by atoms with Crippen molar-refractivity contribution >= 4 is 33.0 Å². The van der Waals surface area contributed by atoms with Gasteiger partial charge in [-0.25, -0.2) is 8.42 Å². The second-order valence-corrected chi connectivity index (χ2v) is 8.87. The number of nitrogens with zero attached hydrogens (tertiary/aromatic N) is 1. The highest BCUT2D eigenvalue weighted by atomic mass is 35.5. The molecule has 0 atom stereocenters. The Labute approximate surface area is 140 Å². The summed E-state index contributed by atoms with van der Waals surface area (Å²) in [6, 6.07) is 11.3. The molecule has 0 saturated carbocycles. The van der Waals surface area contributed by atoms with Gasteiger partial charge in [-0.2, -0.15) is 4.31 Å². The Balaban J connectivity index is 1.62. The molecule has 0 radical (unpaired) electrons. The van der Waals surface area contributed by atoms with Crippen molar-refractivity contribution in [2.75, 3.05) is 26.2 Å². The fraction of sp³-hybridized carbons (Fsp3) is 0.333. The second-order valence-electron chi connectivity index (χ2n) is 5.35. The maximum Gasteiger partial charge on any atom is 0.252 e. The van der Waals surface area contributed by atoms with Crippen molar-refractivity contribution in [3.8, 4) is 0 Å². The predicted molar refractivity (Wildman–Crippen MR) is 88.9 cm³/mol. The van der Waals surface area contributed by atoms with E-state index >= 15 is 0 Å². The Kier molecular flexibility index (Phi) is 4.84. The van der Waals surface area contributed by atoms with Crippen LogP contribution in [0.3, 0.4) is 0 Å². The fourth-order valence-electron chi connectivity index (χ4n) is 2.67. The van der Waals surface area contributed by atoms with Gasteiger partial charge in [0.15, 0.2) is 0 Å². The Hall–Kier alpha value is -0.920. The van der Waals surface area contributed by atoms with E-state index in [9.17, 15) is 8.42 Å². The molecule has 1 fully saturated rings. The highest BCUT2D eigenvalue weighted by Crippen LogP contribution is 2.20. The summed E-state index contributed by atoms with van der Waals surface area (Å²) in [4.78, 5) is 1.37. The molecule has 2 aromatic rings. The van der Waals surface area contributed by atoms with Gasteiger partial charge >= 0.3 is 0 Å². The second kappa shape index (κ2) is 6.68. The molecule has 22 heavy (non-hydrogen) atoms. The molecule has 2 heterocycles. The van der Waals surface area contributed by atoms with E-state index in [1.807, 2.05) is 24.3 Å². The van der Waals surface area contributed by atoms with Crippen molar-refractivity contribution in [1.29, 1.82) is 0 Å². The van der Waals surface area contributed by atoms with Crippen molar-refractivity contribution in [1.82, 2.24) is 4.31 Å². The molecule has 118 valence electrons. The first-order valence-corrected chi connectivity index (χ1v) is 9.88. The summed E-state index contributed by atoms with van der Waals surface area (Å²) in [5, 5.41) is 2.58. The maximum atomic E-state index is 12.5. The van der Waals surface area contributed by atoms with Gasteiger partial charge in [-0.05, 0) is 17.5 Å². The minimum Gasteiger partial charge on any atom is -0.329 e. The Morgan fingerprint density at radius 2 is 1.86 bits per heavy atom. The SMILES string of the molecule is O=S(=O)(c1cccs1)N1CC[NH+](Cc2ccccc2Cl)CC1. The highest BCUT2D eigenvalue weighted by Gasteiger charge is 2.31. The summed E-state index contributed by atoms with van der Waals surface area (Å²) in [6.07, 6.45) is 0. The minimum atomic E-state index is -3.31. The molecule has 1 saturated heterocycles. The molecular weight excluding hydrogens is 340 g/mol. The third-order valence-corrected chi connectivity index (χ3v) is 7.56. The lowest BCUT2D eigenvalue weighted by Gasteiger charge is -2.31. The molecule has 1 aliphatic rings. The van der Waals surface area contributed by atoms with Crippen LogP contribution in [0.25, 0.3) is 0 Å². The first-order chi connectivity index (χ1) is 10.6. The molecule has 0 spiro atoms. The number of hydrogen-bond donors (Lipinski definition) is 1. The van der Waals surface area contributed by atoms with E-state index in [-0.39, 0.29) is 0 Å². The zero-order valence-corrected chi connectivity index (χ0v) is 14.4.